The molecule has 2 unspecified atom stereocenters. The second-order valence-corrected chi connectivity index (χ2v) is 6.08. The first-order chi connectivity index (χ1) is 10.7. The molecule has 22 heavy (non-hydrogen) atoms. The molecular formula is C17H23N3O2. The van der Waals surface area contributed by atoms with E-state index in [1.54, 1.807) is 16.8 Å². The van der Waals surface area contributed by atoms with E-state index in [0.717, 1.165) is 44.5 Å². The zero-order valence-electron chi connectivity index (χ0n) is 13.0. The van der Waals surface area contributed by atoms with Crippen molar-refractivity contribution in [3.8, 4) is 0 Å². The molecule has 0 bridgehead atoms. The van der Waals surface area contributed by atoms with Crippen molar-refractivity contribution in [3.63, 3.8) is 0 Å². The first-order valence-corrected chi connectivity index (χ1v) is 8.05. The maximum Gasteiger partial charge on any atom is 0.249 e. The first-order valence-electron chi connectivity index (χ1n) is 8.05. The summed E-state index contributed by atoms with van der Waals surface area (Å²) in [6.45, 7) is 1.61. The van der Waals surface area contributed by atoms with Gasteiger partial charge in [0.15, 0.2) is 0 Å². The molecule has 118 valence electrons. The van der Waals surface area contributed by atoms with Crippen molar-refractivity contribution in [1.82, 2.24) is 10.2 Å². The minimum Gasteiger partial charge on any atom is -0.332 e. The number of amides is 2. The number of hydrogen-bond acceptors (Lipinski definition) is 3. The van der Waals surface area contributed by atoms with Crippen LogP contribution in [0.2, 0.25) is 0 Å². The number of nitrogens with one attached hydrogen (secondary N) is 1. The molecule has 0 spiro atoms. The molecule has 2 amide bonds. The molecule has 0 saturated carbocycles. The number of carbonyl (C=O) groups excluding carboxylic acids is 2. The van der Waals surface area contributed by atoms with Crippen molar-refractivity contribution in [3.05, 3.63) is 30.3 Å². The summed E-state index contributed by atoms with van der Waals surface area (Å²) in [5.41, 5.74) is 0.914. The number of carbonyl (C=O) groups is 2. The van der Waals surface area contributed by atoms with Crippen LogP contribution in [0.1, 0.15) is 25.7 Å². The standard InChI is InChI=1S/C17H23N3O2/c1-19(16(21)14-9-5-11-18-14)15-10-6-12-20(17(15)22)13-7-3-2-4-8-13/h2-4,7-8,14-15,18H,5-6,9-12H2,1H3. The van der Waals surface area contributed by atoms with Crippen molar-refractivity contribution in [2.45, 2.75) is 37.8 Å². The van der Waals surface area contributed by atoms with Crippen LogP contribution in [0.15, 0.2) is 30.3 Å². The number of anilines is 1. The van der Waals surface area contributed by atoms with Crippen molar-refractivity contribution in [2.75, 3.05) is 25.0 Å². The van der Waals surface area contributed by atoms with Crippen molar-refractivity contribution in [2.24, 2.45) is 0 Å². The molecule has 2 heterocycles. The Morgan fingerprint density at radius 2 is 2.00 bits per heavy atom. The Labute approximate surface area is 131 Å². The molecule has 2 atom stereocenters. The van der Waals surface area contributed by atoms with Crippen LogP contribution < -0.4 is 10.2 Å². The van der Waals surface area contributed by atoms with Crippen LogP contribution in [0.3, 0.4) is 0 Å². The van der Waals surface area contributed by atoms with Gasteiger partial charge in [-0.05, 0) is 44.4 Å². The highest BCUT2D eigenvalue weighted by Crippen LogP contribution is 2.24. The fraction of sp³-hybridized carbons (Fsp3) is 0.529. The van der Waals surface area contributed by atoms with Gasteiger partial charge in [0.05, 0.1) is 6.04 Å². The van der Waals surface area contributed by atoms with Gasteiger partial charge < -0.3 is 15.1 Å². The van der Waals surface area contributed by atoms with Crippen molar-refractivity contribution >= 4 is 17.5 Å². The molecule has 3 rings (SSSR count). The van der Waals surface area contributed by atoms with E-state index in [9.17, 15) is 9.59 Å². The van der Waals surface area contributed by atoms with E-state index in [-0.39, 0.29) is 23.9 Å². The second-order valence-electron chi connectivity index (χ2n) is 6.08. The summed E-state index contributed by atoms with van der Waals surface area (Å²) in [4.78, 5) is 28.8. The van der Waals surface area contributed by atoms with E-state index in [1.165, 1.54) is 0 Å². The van der Waals surface area contributed by atoms with E-state index in [1.807, 2.05) is 30.3 Å². The molecule has 1 aromatic carbocycles. The van der Waals surface area contributed by atoms with E-state index < -0.39 is 0 Å². The third kappa shape index (κ3) is 2.86. The summed E-state index contributed by atoms with van der Waals surface area (Å²) in [7, 11) is 1.76. The minimum absolute atomic E-state index is 0.0336. The third-order valence-electron chi connectivity index (χ3n) is 4.65. The van der Waals surface area contributed by atoms with Gasteiger partial charge in [0, 0.05) is 19.3 Å². The quantitative estimate of drug-likeness (QED) is 0.918. The summed E-state index contributed by atoms with van der Waals surface area (Å²) >= 11 is 0. The van der Waals surface area contributed by atoms with Crippen LogP contribution in [0.5, 0.6) is 0 Å². The molecule has 2 aliphatic heterocycles. The highest BCUT2D eigenvalue weighted by atomic mass is 16.2. The van der Waals surface area contributed by atoms with Gasteiger partial charge in [-0.1, -0.05) is 18.2 Å². The SMILES string of the molecule is CN(C(=O)C1CCCN1)C1CCCN(c2ccccc2)C1=O. The minimum atomic E-state index is -0.344. The normalized spacial score (nSPS) is 25.3. The molecule has 1 N–H and O–H groups in total. The third-order valence-corrected chi connectivity index (χ3v) is 4.65. The molecule has 0 radical (unpaired) electrons. The Balaban J connectivity index is 1.73. The van der Waals surface area contributed by atoms with E-state index in [4.69, 9.17) is 0 Å². The van der Waals surface area contributed by atoms with Crippen LogP contribution in [0, 0.1) is 0 Å². The van der Waals surface area contributed by atoms with Crippen LogP contribution >= 0.6 is 0 Å². The molecule has 0 aliphatic carbocycles. The lowest BCUT2D eigenvalue weighted by Crippen LogP contribution is -2.55. The number of piperidine rings is 1. The van der Waals surface area contributed by atoms with Gasteiger partial charge in [0.2, 0.25) is 11.8 Å². The summed E-state index contributed by atoms with van der Waals surface area (Å²) in [6.07, 6.45) is 3.56. The molecule has 2 saturated heterocycles. The lowest BCUT2D eigenvalue weighted by atomic mass is 10.0. The molecule has 5 nitrogen and oxygen atoms in total. The van der Waals surface area contributed by atoms with Gasteiger partial charge in [-0.15, -0.1) is 0 Å². The van der Waals surface area contributed by atoms with Crippen molar-refractivity contribution in [1.29, 1.82) is 0 Å². The Bertz CT molecular complexity index is 540. The van der Waals surface area contributed by atoms with Crippen LogP contribution in [-0.2, 0) is 9.59 Å². The van der Waals surface area contributed by atoms with E-state index in [0.29, 0.717) is 0 Å². The first kappa shape index (κ1) is 15.0. The summed E-state index contributed by atoms with van der Waals surface area (Å²) in [5, 5.41) is 3.22. The van der Waals surface area contributed by atoms with Crippen LogP contribution in [-0.4, -0.2) is 48.9 Å². The maximum absolute atomic E-state index is 12.8. The second kappa shape index (κ2) is 6.48. The summed E-state index contributed by atoms with van der Waals surface area (Å²) < 4.78 is 0. The molecule has 5 heteroatoms. The molecule has 2 aliphatic rings. The van der Waals surface area contributed by atoms with Crippen molar-refractivity contribution < 1.29 is 9.59 Å². The highest BCUT2D eigenvalue weighted by molar-refractivity contribution is 6.00. The summed E-state index contributed by atoms with van der Waals surface area (Å²) in [6, 6.07) is 9.24. The lowest BCUT2D eigenvalue weighted by molar-refractivity contribution is -0.140. The fourth-order valence-corrected chi connectivity index (χ4v) is 3.37. The highest BCUT2D eigenvalue weighted by Gasteiger charge is 2.37. The molecule has 2 fully saturated rings. The average molecular weight is 301 g/mol. The predicted octanol–water partition coefficient (Wildman–Crippen LogP) is 1.39. The van der Waals surface area contributed by atoms with Gasteiger partial charge in [-0.3, -0.25) is 9.59 Å². The van der Waals surface area contributed by atoms with Gasteiger partial charge in [-0.25, -0.2) is 0 Å². The van der Waals surface area contributed by atoms with E-state index >= 15 is 0 Å². The van der Waals surface area contributed by atoms with Gasteiger partial charge in [0.25, 0.3) is 0 Å². The lowest BCUT2D eigenvalue weighted by Gasteiger charge is -2.37. The zero-order chi connectivity index (χ0) is 15.5. The molecular weight excluding hydrogens is 278 g/mol. The maximum atomic E-state index is 12.8. The number of hydrogen-bond donors (Lipinski definition) is 1. The van der Waals surface area contributed by atoms with E-state index in [2.05, 4.69) is 5.32 Å². The zero-order valence-corrected chi connectivity index (χ0v) is 13.0. The number of likely N-dealkylation sites (N-methyl/N-ethyl adjacent to an activating group) is 1. The summed E-state index contributed by atoms with van der Waals surface area (Å²) in [5.74, 6) is 0.0806. The molecule has 1 aromatic rings. The Morgan fingerprint density at radius 3 is 2.68 bits per heavy atom. The number of para-hydroxylation sites is 1. The number of nitrogens with zero attached hydrogens (tertiary/aromatic N) is 2. The van der Waals surface area contributed by atoms with Gasteiger partial charge in [0.1, 0.15) is 6.04 Å². The van der Waals surface area contributed by atoms with Crippen LogP contribution in [0.25, 0.3) is 0 Å². The molecule has 0 aromatic heterocycles. The fourth-order valence-electron chi connectivity index (χ4n) is 3.37. The smallest absolute Gasteiger partial charge is 0.249 e. The largest absolute Gasteiger partial charge is 0.332 e. The predicted molar refractivity (Wildman–Crippen MR) is 85.6 cm³/mol. The Kier molecular flexibility index (Phi) is 4.43. The van der Waals surface area contributed by atoms with Gasteiger partial charge >= 0.3 is 0 Å². The number of benzene rings is 1. The van der Waals surface area contributed by atoms with Gasteiger partial charge in [-0.2, -0.15) is 0 Å². The monoisotopic (exact) mass is 301 g/mol. The Morgan fingerprint density at radius 1 is 1.23 bits per heavy atom. The van der Waals surface area contributed by atoms with Crippen LogP contribution in [0.4, 0.5) is 5.69 Å². The number of rotatable bonds is 3. The topological polar surface area (TPSA) is 52.7 Å². The Hall–Kier alpha value is -1.88. The average Bonchev–Trinajstić information content (AvgIpc) is 3.09.